The van der Waals surface area contributed by atoms with Crippen molar-refractivity contribution in [1.82, 2.24) is 0 Å². The Morgan fingerprint density at radius 1 is 1.62 bits per heavy atom. The Labute approximate surface area is 80.7 Å². The van der Waals surface area contributed by atoms with Crippen LogP contribution in [0.2, 0.25) is 0 Å². The van der Waals surface area contributed by atoms with E-state index in [0.29, 0.717) is 18.8 Å². The molecule has 0 fully saturated rings. The average Bonchev–Trinajstić information content (AvgIpc) is 2.09. The first-order valence-electron chi connectivity index (χ1n) is 4.22. The van der Waals surface area contributed by atoms with Crippen molar-refractivity contribution in [2.24, 2.45) is 0 Å². The molecule has 0 spiro atoms. The number of hydrogen-bond acceptors (Lipinski definition) is 3. The summed E-state index contributed by atoms with van der Waals surface area (Å²) in [5.41, 5.74) is 0. The molecule has 0 saturated heterocycles. The number of hydrogen-bond donors (Lipinski definition) is 1. The highest BCUT2D eigenvalue weighted by Crippen LogP contribution is 2.06. The lowest BCUT2D eigenvalue weighted by Crippen LogP contribution is -2.28. The SMILES string of the molecule is CCCC(C(=O)O)S(=O)CCOC. The van der Waals surface area contributed by atoms with Crippen molar-refractivity contribution in [2.75, 3.05) is 19.5 Å². The van der Waals surface area contributed by atoms with E-state index >= 15 is 0 Å². The van der Waals surface area contributed by atoms with E-state index < -0.39 is 22.0 Å². The van der Waals surface area contributed by atoms with Gasteiger partial charge in [-0.05, 0) is 6.42 Å². The van der Waals surface area contributed by atoms with Crippen molar-refractivity contribution in [3.8, 4) is 0 Å². The predicted octanol–water partition coefficient (Wildman–Crippen LogP) is 0.635. The molecule has 0 aliphatic heterocycles. The normalized spacial score (nSPS) is 15.2. The summed E-state index contributed by atoms with van der Waals surface area (Å²) in [6.07, 6.45) is 1.20. The number of methoxy groups -OCH3 is 1. The van der Waals surface area contributed by atoms with E-state index in [9.17, 15) is 9.00 Å². The molecule has 0 saturated carbocycles. The van der Waals surface area contributed by atoms with Crippen LogP contribution in [0.25, 0.3) is 0 Å². The monoisotopic (exact) mass is 208 g/mol. The van der Waals surface area contributed by atoms with Gasteiger partial charge in [0, 0.05) is 23.7 Å². The molecule has 0 bridgehead atoms. The van der Waals surface area contributed by atoms with E-state index in [1.165, 1.54) is 7.11 Å². The molecule has 0 aromatic carbocycles. The molecule has 0 aromatic heterocycles. The quantitative estimate of drug-likeness (QED) is 0.666. The molecule has 0 rings (SSSR count). The van der Waals surface area contributed by atoms with Crippen molar-refractivity contribution in [2.45, 2.75) is 25.0 Å². The molecule has 0 heterocycles. The van der Waals surface area contributed by atoms with Gasteiger partial charge in [-0.15, -0.1) is 0 Å². The molecule has 0 aliphatic rings. The van der Waals surface area contributed by atoms with E-state index in [0.717, 1.165) is 6.42 Å². The van der Waals surface area contributed by atoms with Gasteiger partial charge >= 0.3 is 5.97 Å². The predicted molar refractivity (Wildman–Crippen MR) is 51.2 cm³/mol. The van der Waals surface area contributed by atoms with Crippen LogP contribution < -0.4 is 0 Å². The van der Waals surface area contributed by atoms with Crippen molar-refractivity contribution in [3.63, 3.8) is 0 Å². The van der Waals surface area contributed by atoms with Gasteiger partial charge in [-0.3, -0.25) is 9.00 Å². The van der Waals surface area contributed by atoms with Crippen LogP contribution in [0.5, 0.6) is 0 Å². The fraction of sp³-hybridized carbons (Fsp3) is 0.875. The van der Waals surface area contributed by atoms with Gasteiger partial charge in [0.05, 0.1) is 6.61 Å². The van der Waals surface area contributed by atoms with Gasteiger partial charge in [-0.25, -0.2) is 0 Å². The van der Waals surface area contributed by atoms with Crippen LogP contribution in [0.3, 0.4) is 0 Å². The molecule has 0 aromatic rings. The molecule has 1 N–H and O–H groups in total. The number of rotatable bonds is 7. The molecule has 2 unspecified atom stereocenters. The van der Waals surface area contributed by atoms with E-state index in [1.807, 2.05) is 6.92 Å². The van der Waals surface area contributed by atoms with Crippen LogP contribution in [0.1, 0.15) is 19.8 Å². The highest BCUT2D eigenvalue weighted by Gasteiger charge is 2.22. The molecule has 13 heavy (non-hydrogen) atoms. The molecule has 0 radical (unpaired) electrons. The molecular formula is C8H16O4S. The smallest absolute Gasteiger partial charge is 0.319 e. The van der Waals surface area contributed by atoms with Gasteiger partial charge in [0.1, 0.15) is 5.25 Å². The zero-order chi connectivity index (χ0) is 10.3. The second kappa shape index (κ2) is 7.03. The fourth-order valence-electron chi connectivity index (χ4n) is 0.937. The van der Waals surface area contributed by atoms with E-state index in [1.54, 1.807) is 0 Å². The number of carboxylic acids is 1. The minimum Gasteiger partial charge on any atom is -0.480 e. The minimum atomic E-state index is -1.31. The number of aliphatic carboxylic acids is 1. The lowest BCUT2D eigenvalue weighted by Gasteiger charge is -2.10. The highest BCUT2D eigenvalue weighted by atomic mass is 32.2. The lowest BCUT2D eigenvalue weighted by molar-refractivity contribution is -0.136. The highest BCUT2D eigenvalue weighted by molar-refractivity contribution is 7.86. The van der Waals surface area contributed by atoms with Crippen LogP contribution >= 0.6 is 0 Å². The Bertz CT molecular complexity index is 181. The van der Waals surface area contributed by atoms with Crippen LogP contribution in [-0.4, -0.2) is 40.0 Å². The van der Waals surface area contributed by atoms with Gasteiger partial charge in [0.25, 0.3) is 0 Å². The second-order valence-electron chi connectivity index (χ2n) is 2.69. The molecule has 5 heteroatoms. The summed E-state index contributed by atoms with van der Waals surface area (Å²) >= 11 is 0. The van der Waals surface area contributed by atoms with Crippen molar-refractivity contribution < 1.29 is 18.8 Å². The van der Waals surface area contributed by atoms with Crippen LogP contribution in [0, 0.1) is 0 Å². The van der Waals surface area contributed by atoms with Crippen LogP contribution in [0.15, 0.2) is 0 Å². The van der Waals surface area contributed by atoms with E-state index in [4.69, 9.17) is 9.84 Å². The topological polar surface area (TPSA) is 63.6 Å². The van der Waals surface area contributed by atoms with Crippen LogP contribution in [-0.2, 0) is 20.3 Å². The first kappa shape index (κ1) is 12.6. The van der Waals surface area contributed by atoms with Crippen molar-refractivity contribution in [1.29, 1.82) is 0 Å². The van der Waals surface area contributed by atoms with E-state index in [-0.39, 0.29) is 0 Å². The number of carboxylic acid groups (broad SMARTS) is 1. The summed E-state index contributed by atoms with van der Waals surface area (Å²) < 4.78 is 16.1. The molecule has 0 aliphatic carbocycles. The van der Waals surface area contributed by atoms with Gasteiger partial charge in [0.2, 0.25) is 0 Å². The van der Waals surface area contributed by atoms with Crippen LogP contribution in [0.4, 0.5) is 0 Å². The fourth-order valence-corrected chi connectivity index (χ4v) is 2.28. The summed E-state index contributed by atoms with van der Waals surface area (Å²) in [5.74, 6) is -0.677. The maximum atomic E-state index is 11.4. The zero-order valence-corrected chi connectivity index (χ0v) is 8.80. The summed E-state index contributed by atoms with van der Waals surface area (Å²) in [6, 6.07) is 0. The first-order chi connectivity index (χ1) is 6.13. The second-order valence-corrected chi connectivity index (χ2v) is 4.43. The van der Waals surface area contributed by atoms with Gasteiger partial charge < -0.3 is 9.84 Å². The average molecular weight is 208 g/mol. The lowest BCUT2D eigenvalue weighted by atomic mass is 10.2. The third kappa shape index (κ3) is 5.00. The van der Waals surface area contributed by atoms with Gasteiger partial charge in [-0.1, -0.05) is 13.3 Å². The Hall–Kier alpha value is -0.420. The summed E-state index contributed by atoms with van der Waals surface area (Å²) in [5, 5.41) is 8.00. The Morgan fingerprint density at radius 3 is 2.62 bits per heavy atom. The third-order valence-electron chi connectivity index (χ3n) is 1.63. The molecular weight excluding hydrogens is 192 g/mol. The van der Waals surface area contributed by atoms with Gasteiger partial charge in [-0.2, -0.15) is 0 Å². The van der Waals surface area contributed by atoms with Crippen molar-refractivity contribution >= 4 is 16.8 Å². The summed E-state index contributed by atoms with van der Waals surface area (Å²) in [7, 11) is 0.195. The summed E-state index contributed by atoms with van der Waals surface area (Å²) in [6.45, 7) is 2.23. The molecule has 2 atom stereocenters. The first-order valence-corrected chi connectivity index (χ1v) is 5.60. The standard InChI is InChI=1S/C8H16O4S/c1-3-4-7(8(9)10)13(11)6-5-12-2/h7H,3-6H2,1-2H3,(H,9,10). The Balaban J connectivity index is 4.03. The van der Waals surface area contributed by atoms with E-state index in [2.05, 4.69) is 0 Å². The van der Waals surface area contributed by atoms with Gasteiger partial charge in [0.15, 0.2) is 0 Å². The molecule has 0 amide bonds. The molecule has 78 valence electrons. The maximum absolute atomic E-state index is 11.4. The third-order valence-corrected chi connectivity index (χ3v) is 3.27. The number of ether oxygens (including phenoxy) is 1. The zero-order valence-electron chi connectivity index (χ0n) is 7.99. The Kier molecular flexibility index (Phi) is 6.80. The van der Waals surface area contributed by atoms with Crippen molar-refractivity contribution in [3.05, 3.63) is 0 Å². The minimum absolute atomic E-state index is 0.299. The maximum Gasteiger partial charge on any atom is 0.319 e. The summed E-state index contributed by atoms with van der Waals surface area (Å²) in [4.78, 5) is 10.7. The largest absolute Gasteiger partial charge is 0.480 e. The Morgan fingerprint density at radius 2 is 2.23 bits per heavy atom. The number of carbonyl (C=O) groups is 1. The molecule has 4 nitrogen and oxygen atoms in total.